The number of rotatable bonds is 2. The molecule has 30 heavy (non-hydrogen) atoms. The molecular weight excluding hydrogens is 433 g/mol. The molecule has 4 aromatic rings. The molecule has 7 nitrogen and oxygen atoms in total. The van der Waals surface area contributed by atoms with Crippen LogP contribution in [0.4, 0.5) is 0 Å². The summed E-state index contributed by atoms with van der Waals surface area (Å²) in [6, 6.07) is 1.52. The molecule has 0 aliphatic carbocycles. The molecule has 0 saturated carbocycles. The van der Waals surface area contributed by atoms with Gasteiger partial charge in [-0.15, -0.1) is 0 Å². The number of carbonyl (C=O) groups excluding carboxylic acids is 1. The number of hydrogen-bond acceptors (Lipinski definition) is 7. The SMILES string of the molecule is CCOC(=O)c1c(C)nc2c(c1C)c(=O)oc1c(Cl)cc3c(C)c(Cl)c(=O)oc3c12. The van der Waals surface area contributed by atoms with Crippen molar-refractivity contribution in [2.75, 3.05) is 6.61 Å². The molecule has 1 aromatic carbocycles. The van der Waals surface area contributed by atoms with E-state index in [0.29, 0.717) is 22.2 Å². The Morgan fingerprint density at radius 3 is 2.37 bits per heavy atom. The van der Waals surface area contributed by atoms with E-state index in [1.54, 1.807) is 27.7 Å². The number of nitrogens with zero attached hydrogens (tertiary/aromatic N) is 1. The molecule has 4 rings (SSSR count). The number of aryl methyl sites for hydroxylation is 3. The number of benzene rings is 1. The van der Waals surface area contributed by atoms with Gasteiger partial charge in [-0.1, -0.05) is 23.2 Å². The van der Waals surface area contributed by atoms with E-state index < -0.39 is 17.2 Å². The van der Waals surface area contributed by atoms with Gasteiger partial charge < -0.3 is 13.6 Å². The van der Waals surface area contributed by atoms with Crippen molar-refractivity contribution in [1.29, 1.82) is 0 Å². The first kappa shape index (κ1) is 20.4. The molecule has 0 unspecified atom stereocenters. The molecule has 0 amide bonds. The van der Waals surface area contributed by atoms with Crippen LogP contribution in [0.1, 0.15) is 34.1 Å². The Hall–Kier alpha value is -2.90. The molecule has 3 heterocycles. The fourth-order valence-corrected chi connectivity index (χ4v) is 4.04. The third-order valence-corrected chi connectivity index (χ3v) is 5.76. The number of ether oxygens (including phenoxy) is 1. The topological polar surface area (TPSA) is 99.6 Å². The van der Waals surface area contributed by atoms with Gasteiger partial charge in [0.05, 0.1) is 39.2 Å². The van der Waals surface area contributed by atoms with Gasteiger partial charge in [-0.2, -0.15) is 0 Å². The van der Waals surface area contributed by atoms with Gasteiger partial charge in [0.1, 0.15) is 5.02 Å². The lowest BCUT2D eigenvalue weighted by Gasteiger charge is -2.13. The van der Waals surface area contributed by atoms with Crippen LogP contribution < -0.4 is 11.3 Å². The summed E-state index contributed by atoms with van der Waals surface area (Å²) in [6.07, 6.45) is 0. The molecule has 0 aliphatic heterocycles. The average Bonchev–Trinajstić information content (AvgIpc) is 2.67. The van der Waals surface area contributed by atoms with Crippen molar-refractivity contribution in [3.8, 4) is 0 Å². The first-order valence-electron chi connectivity index (χ1n) is 9.03. The van der Waals surface area contributed by atoms with Crippen LogP contribution in [0.2, 0.25) is 10.0 Å². The van der Waals surface area contributed by atoms with Gasteiger partial charge in [0, 0.05) is 5.39 Å². The van der Waals surface area contributed by atoms with E-state index in [1.165, 1.54) is 6.07 Å². The van der Waals surface area contributed by atoms with E-state index in [9.17, 15) is 14.4 Å². The van der Waals surface area contributed by atoms with Crippen molar-refractivity contribution < 1.29 is 18.4 Å². The Labute approximate surface area is 179 Å². The minimum atomic E-state index is -0.735. The number of carbonyl (C=O) groups is 1. The quantitative estimate of drug-likeness (QED) is 0.245. The van der Waals surface area contributed by atoms with Gasteiger partial charge in [-0.25, -0.2) is 14.4 Å². The fourth-order valence-electron chi connectivity index (χ4n) is 3.66. The number of aromatic nitrogens is 1. The van der Waals surface area contributed by atoms with Gasteiger partial charge in [-0.3, -0.25) is 4.98 Å². The van der Waals surface area contributed by atoms with E-state index >= 15 is 0 Å². The zero-order valence-electron chi connectivity index (χ0n) is 16.4. The van der Waals surface area contributed by atoms with Gasteiger partial charge >= 0.3 is 17.2 Å². The van der Waals surface area contributed by atoms with E-state index in [-0.39, 0.29) is 49.7 Å². The zero-order chi connectivity index (χ0) is 21.9. The standard InChI is InChI=1S/C21H15Cl2NO6/c1-5-28-19(25)12-8(3)13-16(24-9(12)4)14-17-10(7(2)15(23)21(27)29-17)6-11(22)18(14)30-20(13)26/h6H,5H2,1-4H3. The molecule has 0 spiro atoms. The molecule has 0 radical (unpaired) electrons. The van der Waals surface area contributed by atoms with E-state index in [2.05, 4.69) is 4.98 Å². The van der Waals surface area contributed by atoms with Crippen LogP contribution in [0.25, 0.3) is 32.8 Å². The molecule has 154 valence electrons. The highest BCUT2D eigenvalue weighted by Crippen LogP contribution is 2.37. The summed E-state index contributed by atoms with van der Waals surface area (Å²) in [6.45, 7) is 6.76. The second-order valence-corrected chi connectivity index (χ2v) is 7.58. The maximum Gasteiger partial charge on any atom is 0.355 e. The maximum absolute atomic E-state index is 12.8. The molecule has 9 heteroatoms. The van der Waals surface area contributed by atoms with Gasteiger partial charge in [0.15, 0.2) is 11.2 Å². The van der Waals surface area contributed by atoms with Crippen LogP contribution in [0, 0.1) is 20.8 Å². The highest BCUT2D eigenvalue weighted by atomic mass is 35.5. The van der Waals surface area contributed by atoms with E-state index in [4.69, 9.17) is 36.8 Å². The van der Waals surface area contributed by atoms with Gasteiger partial charge in [0.25, 0.3) is 0 Å². The Morgan fingerprint density at radius 1 is 1.03 bits per heavy atom. The molecule has 3 aromatic heterocycles. The summed E-state index contributed by atoms with van der Waals surface area (Å²) in [5.41, 5.74) is 0.294. The highest BCUT2D eigenvalue weighted by Gasteiger charge is 2.25. The maximum atomic E-state index is 12.8. The number of esters is 1. The summed E-state index contributed by atoms with van der Waals surface area (Å²) in [7, 11) is 0. The van der Waals surface area contributed by atoms with Crippen molar-refractivity contribution >= 4 is 62.0 Å². The van der Waals surface area contributed by atoms with Gasteiger partial charge in [-0.05, 0) is 44.9 Å². The molecular formula is C21H15Cl2NO6. The minimum Gasteiger partial charge on any atom is -0.462 e. The minimum absolute atomic E-state index is 0.0294. The summed E-state index contributed by atoms with van der Waals surface area (Å²) < 4.78 is 16.0. The lowest BCUT2D eigenvalue weighted by Crippen LogP contribution is -2.14. The summed E-state index contributed by atoms with van der Waals surface area (Å²) >= 11 is 12.4. The zero-order valence-corrected chi connectivity index (χ0v) is 17.9. The van der Waals surface area contributed by atoms with Crippen LogP contribution >= 0.6 is 23.2 Å². The lowest BCUT2D eigenvalue weighted by atomic mass is 10.00. The smallest absolute Gasteiger partial charge is 0.355 e. The number of halogens is 2. The largest absolute Gasteiger partial charge is 0.462 e. The van der Waals surface area contributed by atoms with Crippen molar-refractivity contribution in [2.45, 2.75) is 27.7 Å². The van der Waals surface area contributed by atoms with Crippen LogP contribution in [0.5, 0.6) is 0 Å². The summed E-state index contributed by atoms with van der Waals surface area (Å²) in [5.74, 6) is -0.591. The summed E-state index contributed by atoms with van der Waals surface area (Å²) in [5, 5.41) is 0.889. The lowest BCUT2D eigenvalue weighted by molar-refractivity contribution is 0.0524. The normalized spacial score (nSPS) is 11.5. The Morgan fingerprint density at radius 2 is 1.70 bits per heavy atom. The average molecular weight is 448 g/mol. The number of fused-ring (bicyclic) bond motifs is 5. The Balaban J connectivity index is 2.32. The van der Waals surface area contributed by atoms with Crippen molar-refractivity contribution in [1.82, 2.24) is 4.98 Å². The van der Waals surface area contributed by atoms with Crippen LogP contribution in [-0.4, -0.2) is 17.6 Å². The monoisotopic (exact) mass is 447 g/mol. The highest BCUT2D eigenvalue weighted by molar-refractivity contribution is 6.38. The number of hydrogen-bond donors (Lipinski definition) is 0. The summed E-state index contributed by atoms with van der Waals surface area (Å²) in [4.78, 5) is 41.9. The Bertz CT molecular complexity index is 1520. The van der Waals surface area contributed by atoms with Gasteiger partial charge in [0.2, 0.25) is 0 Å². The third-order valence-electron chi connectivity index (χ3n) is 5.04. The molecule has 0 atom stereocenters. The molecule has 0 N–H and O–H groups in total. The second-order valence-electron chi connectivity index (χ2n) is 6.80. The number of pyridine rings is 1. The van der Waals surface area contributed by atoms with Crippen molar-refractivity contribution in [2.24, 2.45) is 0 Å². The molecule has 0 bridgehead atoms. The van der Waals surface area contributed by atoms with E-state index in [0.717, 1.165) is 0 Å². The predicted octanol–water partition coefficient (Wildman–Crippen LogP) is 4.86. The van der Waals surface area contributed by atoms with E-state index in [1.807, 2.05) is 0 Å². The second kappa shape index (κ2) is 7.11. The van der Waals surface area contributed by atoms with Crippen molar-refractivity contribution in [3.63, 3.8) is 0 Å². The van der Waals surface area contributed by atoms with Crippen LogP contribution in [0.15, 0.2) is 24.5 Å². The first-order chi connectivity index (χ1) is 14.2. The van der Waals surface area contributed by atoms with Crippen LogP contribution in [0.3, 0.4) is 0 Å². The third kappa shape index (κ3) is 2.80. The predicted molar refractivity (Wildman–Crippen MR) is 114 cm³/mol. The Kier molecular flexibility index (Phi) is 4.83. The molecule has 0 aliphatic rings. The fraction of sp³-hybridized carbons (Fsp3) is 0.238. The molecule has 0 fully saturated rings. The van der Waals surface area contributed by atoms with Crippen LogP contribution in [-0.2, 0) is 4.74 Å². The first-order valence-corrected chi connectivity index (χ1v) is 9.79. The van der Waals surface area contributed by atoms with Crippen molar-refractivity contribution in [3.05, 3.63) is 59.3 Å². The molecule has 0 saturated heterocycles.